The van der Waals surface area contributed by atoms with Crippen molar-refractivity contribution in [2.45, 2.75) is 13.2 Å². The smallest absolute Gasteiger partial charge is 0.268 e. The van der Waals surface area contributed by atoms with Crippen LogP contribution in [0.5, 0.6) is 11.5 Å². The first-order chi connectivity index (χ1) is 18.5. The molecule has 2 amide bonds. The number of nitrogens with one attached hydrogen (secondary N) is 2. The first-order valence-corrected chi connectivity index (χ1v) is 12.1. The molecular weight excluding hydrogens is 478 g/mol. The van der Waals surface area contributed by atoms with Crippen LogP contribution in [-0.4, -0.2) is 18.9 Å². The molecule has 0 aliphatic heterocycles. The van der Waals surface area contributed by atoms with E-state index in [2.05, 4.69) is 10.6 Å². The molecule has 0 unspecified atom stereocenters. The second kappa shape index (κ2) is 12.8. The molecule has 0 aliphatic carbocycles. The van der Waals surface area contributed by atoms with Gasteiger partial charge in [0.25, 0.3) is 11.8 Å². The third-order valence-corrected chi connectivity index (χ3v) is 5.76. The summed E-state index contributed by atoms with van der Waals surface area (Å²) in [6, 6.07) is 31.0. The summed E-state index contributed by atoms with van der Waals surface area (Å²) in [5.74, 6) is 0.202. The standard InChI is InChI=1S/C31H29N3O4/c1-37-28-17-16-23(19-29(28)38-21-22-10-4-2-5-11-22)18-27(34-30(35)24-12-6-3-7-13-24)31(36)33-20-25-14-8-9-15-26(25)32/h2-19H,20-21,32H2,1H3,(H,33,36)(H,34,35). The lowest BCUT2D eigenvalue weighted by molar-refractivity contribution is -0.117. The molecule has 0 atom stereocenters. The predicted octanol–water partition coefficient (Wildman–Crippen LogP) is 4.94. The van der Waals surface area contributed by atoms with Crippen molar-refractivity contribution in [3.63, 3.8) is 0 Å². The second-order valence-corrected chi connectivity index (χ2v) is 8.44. The Kier molecular flexibility index (Phi) is 8.76. The van der Waals surface area contributed by atoms with Gasteiger partial charge in [-0.3, -0.25) is 9.59 Å². The number of hydrogen-bond acceptors (Lipinski definition) is 5. The predicted molar refractivity (Wildman–Crippen MR) is 148 cm³/mol. The molecule has 4 aromatic rings. The molecule has 0 radical (unpaired) electrons. The van der Waals surface area contributed by atoms with Gasteiger partial charge in [-0.2, -0.15) is 0 Å². The van der Waals surface area contributed by atoms with Gasteiger partial charge < -0.3 is 25.8 Å². The van der Waals surface area contributed by atoms with E-state index in [1.54, 1.807) is 61.7 Å². The van der Waals surface area contributed by atoms with Crippen molar-refractivity contribution in [3.8, 4) is 11.5 Å². The minimum absolute atomic E-state index is 0.0764. The molecule has 0 saturated carbocycles. The van der Waals surface area contributed by atoms with Gasteiger partial charge >= 0.3 is 0 Å². The minimum atomic E-state index is -0.458. The van der Waals surface area contributed by atoms with E-state index >= 15 is 0 Å². The molecule has 7 nitrogen and oxygen atoms in total. The molecule has 0 saturated heterocycles. The van der Waals surface area contributed by atoms with Gasteiger partial charge in [-0.1, -0.05) is 72.8 Å². The van der Waals surface area contributed by atoms with E-state index in [-0.39, 0.29) is 12.2 Å². The third-order valence-electron chi connectivity index (χ3n) is 5.76. The van der Waals surface area contributed by atoms with Crippen LogP contribution in [0.25, 0.3) is 6.08 Å². The quantitative estimate of drug-likeness (QED) is 0.208. The van der Waals surface area contributed by atoms with Crippen LogP contribution in [0.3, 0.4) is 0 Å². The van der Waals surface area contributed by atoms with Gasteiger partial charge in [-0.25, -0.2) is 0 Å². The van der Waals surface area contributed by atoms with Gasteiger partial charge in [0.15, 0.2) is 11.5 Å². The average Bonchev–Trinajstić information content (AvgIpc) is 2.96. The van der Waals surface area contributed by atoms with Crippen LogP contribution >= 0.6 is 0 Å². The van der Waals surface area contributed by atoms with E-state index < -0.39 is 11.8 Å². The van der Waals surface area contributed by atoms with Crippen molar-refractivity contribution in [2.75, 3.05) is 12.8 Å². The molecular formula is C31H29N3O4. The first-order valence-electron chi connectivity index (χ1n) is 12.1. The van der Waals surface area contributed by atoms with Crippen molar-refractivity contribution < 1.29 is 19.1 Å². The lowest BCUT2D eigenvalue weighted by atomic mass is 10.1. The molecule has 0 aromatic heterocycles. The van der Waals surface area contributed by atoms with Gasteiger partial charge in [0, 0.05) is 17.8 Å². The fraction of sp³-hybridized carbons (Fsp3) is 0.0968. The van der Waals surface area contributed by atoms with E-state index in [0.717, 1.165) is 11.1 Å². The summed E-state index contributed by atoms with van der Waals surface area (Å²) >= 11 is 0. The largest absolute Gasteiger partial charge is 0.493 e. The Morgan fingerprint density at radius 2 is 1.53 bits per heavy atom. The van der Waals surface area contributed by atoms with E-state index in [1.165, 1.54) is 0 Å². The Balaban J connectivity index is 1.59. The maximum Gasteiger partial charge on any atom is 0.268 e. The molecule has 0 aliphatic rings. The van der Waals surface area contributed by atoms with Gasteiger partial charge in [0.2, 0.25) is 0 Å². The average molecular weight is 508 g/mol. The van der Waals surface area contributed by atoms with Crippen molar-refractivity contribution in [3.05, 3.63) is 131 Å². The maximum atomic E-state index is 13.2. The molecule has 0 heterocycles. The summed E-state index contributed by atoms with van der Waals surface area (Å²) in [7, 11) is 1.56. The summed E-state index contributed by atoms with van der Waals surface area (Å²) in [5, 5.41) is 5.59. The summed E-state index contributed by atoms with van der Waals surface area (Å²) in [6.07, 6.45) is 1.60. The van der Waals surface area contributed by atoms with Gasteiger partial charge in [-0.15, -0.1) is 0 Å². The topological polar surface area (TPSA) is 103 Å². The summed E-state index contributed by atoms with van der Waals surface area (Å²) in [5.41, 5.74) is 9.52. The zero-order valence-corrected chi connectivity index (χ0v) is 21.0. The Morgan fingerprint density at radius 1 is 0.842 bits per heavy atom. The Morgan fingerprint density at radius 3 is 2.24 bits per heavy atom. The fourth-order valence-electron chi connectivity index (χ4n) is 3.71. The summed E-state index contributed by atoms with van der Waals surface area (Å²) in [4.78, 5) is 26.1. The van der Waals surface area contributed by atoms with E-state index in [0.29, 0.717) is 34.9 Å². The third kappa shape index (κ3) is 7.01. The number of para-hydroxylation sites is 1. The molecule has 4 aromatic carbocycles. The van der Waals surface area contributed by atoms with Gasteiger partial charge in [0.1, 0.15) is 12.3 Å². The molecule has 4 N–H and O–H groups in total. The first kappa shape index (κ1) is 26.0. The molecule has 0 spiro atoms. The highest BCUT2D eigenvalue weighted by atomic mass is 16.5. The lowest BCUT2D eigenvalue weighted by Crippen LogP contribution is -2.34. The second-order valence-electron chi connectivity index (χ2n) is 8.44. The van der Waals surface area contributed by atoms with Crippen molar-refractivity contribution >= 4 is 23.6 Å². The van der Waals surface area contributed by atoms with E-state index in [1.807, 2.05) is 54.6 Å². The monoisotopic (exact) mass is 507 g/mol. The highest BCUT2D eigenvalue weighted by Crippen LogP contribution is 2.29. The molecule has 0 fully saturated rings. The number of benzene rings is 4. The number of hydrogen-bond donors (Lipinski definition) is 3. The Hall–Kier alpha value is -5.04. The molecule has 4 rings (SSSR count). The van der Waals surface area contributed by atoms with Crippen molar-refractivity contribution in [2.24, 2.45) is 0 Å². The molecule has 0 bridgehead atoms. The summed E-state index contributed by atoms with van der Waals surface area (Å²) in [6.45, 7) is 0.555. The molecule has 38 heavy (non-hydrogen) atoms. The highest BCUT2D eigenvalue weighted by molar-refractivity contribution is 6.05. The Bertz CT molecular complexity index is 1420. The normalized spacial score (nSPS) is 10.9. The van der Waals surface area contributed by atoms with Crippen LogP contribution in [0.2, 0.25) is 0 Å². The van der Waals surface area contributed by atoms with Crippen LogP contribution in [0.4, 0.5) is 5.69 Å². The van der Waals surface area contributed by atoms with Crippen LogP contribution in [0.15, 0.2) is 109 Å². The number of anilines is 1. The zero-order valence-electron chi connectivity index (χ0n) is 21.0. The maximum absolute atomic E-state index is 13.2. The van der Waals surface area contributed by atoms with Gasteiger partial charge in [0.05, 0.1) is 7.11 Å². The Labute approximate surface area is 221 Å². The van der Waals surface area contributed by atoms with Crippen molar-refractivity contribution in [1.29, 1.82) is 0 Å². The summed E-state index contributed by atoms with van der Waals surface area (Å²) < 4.78 is 11.5. The van der Waals surface area contributed by atoms with Crippen LogP contribution in [0, 0.1) is 0 Å². The van der Waals surface area contributed by atoms with Crippen LogP contribution in [-0.2, 0) is 17.9 Å². The highest BCUT2D eigenvalue weighted by Gasteiger charge is 2.16. The SMILES string of the molecule is COc1ccc(C=C(NC(=O)c2ccccc2)C(=O)NCc2ccccc2N)cc1OCc1ccccc1. The number of amides is 2. The van der Waals surface area contributed by atoms with E-state index in [4.69, 9.17) is 15.2 Å². The number of carbonyl (C=O) groups excluding carboxylic acids is 2. The minimum Gasteiger partial charge on any atom is -0.493 e. The molecule has 7 heteroatoms. The van der Waals surface area contributed by atoms with E-state index in [9.17, 15) is 9.59 Å². The number of methoxy groups -OCH3 is 1. The van der Waals surface area contributed by atoms with Crippen LogP contribution < -0.4 is 25.8 Å². The van der Waals surface area contributed by atoms with Crippen LogP contribution in [0.1, 0.15) is 27.0 Å². The van der Waals surface area contributed by atoms with Gasteiger partial charge in [-0.05, 0) is 53.1 Å². The number of ether oxygens (including phenoxy) is 2. The number of nitrogens with two attached hydrogens (primary N) is 1. The number of rotatable bonds is 10. The molecule has 192 valence electrons. The van der Waals surface area contributed by atoms with Crippen molar-refractivity contribution in [1.82, 2.24) is 10.6 Å². The lowest BCUT2D eigenvalue weighted by Gasteiger charge is -2.14. The zero-order chi connectivity index (χ0) is 26.7. The fourth-order valence-corrected chi connectivity index (χ4v) is 3.71. The number of carbonyl (C=O) groups is 2. The number of nitrogen functional groups attached to an aromatic ring is 1.